The van der Waals surface area contributed by atoms with Gasteiger partial charge in [0, 0.05) is 10.9 Å². The Balaban J connectivity index is 1.25. The third kappa shape index (κ3) is 3.68. The number of benzene rings is 1. The second-order valence-electron chi connectivity index (χ2n) is 8.55. The summed E-state index contributed by atoms with van der Waals surface area (Å²) in [7, 11) is 0. The number of nitrogens with one attached hydrogen (secondary N) is 1. The highest BCUT2D eigenvalue weighted by Crippen LogP contribution is 2.64. The fraction of sp³-hybridized carbons (Fsp3) is 0.619. The van der Waals surface area contributed by atoms with Crippen LogP contribution in [0.15, 0.2) is 30.3 Å². The van der Waals surface area contributed by atoms with Gasteiger partial charge < -0.3 is 10.1 Å². The van der Waals surface area contributed by atoms with E-state index in [0.717, 1.165) is 25.7 Å². The number of hydrogen-bond donors (Lipinski definition) is 1. The van der Waals surface area contributed by atoms with Crippen LogP contribution in [0.5, 0.6) is 0 Å². The molecule has 4 fully saturated rings. The molecule has 0 aliphatic heterocycles. The van der Waals surface area contributed by atoms with Gasteiger partial charge in [-0.2, -0.15) is 0 Å². The molecule has 1 N–H and O–H groups in total. The third-order valence-corrected chi connectivity index (χ3v) is 7.26. The van der Waals surface area contributed by atoms with Crippen LogP contribution in [0.2, 0.25) is 0 Å². The topological polar surface area (TPSA) is 55.4 Å². The molecule has 5 heteroatoms. The van der Waals surface area contributed by atoms with Gasteiger partial charge in [0.05, 0.1) is 5.41 Å². The largest absolute Gasteiger partial charge is 0.455 e. The molecule has 4 aliphatic rings. The minimum Gasteiger partial charge on any atom is -0.455 e. The van der Waals surface area contributed by atoms with E-state index in [9.17, 15) is 9.59 Å². The molecule has 0 saturated heterocycles. The zero-order valence-corrected chi connectivity index (χ0v) is 16.6. The summed E-state index contributed by atoms with van der Waals surface area (Å²) in [5, 5.41) is 2.84. The molecule has 26 heavy (non-hydrogen) atoms. The third-order valence-electron chi connectivity index (χ3n) is 6.34. The normalized spacial score (nSPS) is 34.5. The molecule has 4 aliphatic carbocycles. The van der Waals surface area contributed by atoms with E-state index >= 15 is 0 Å². The molecule has 4 nitrogen and oxygen atoms in total. The number of hydrogen-bond acceptors (Lipinski definition) is 3. The van der Waals surface area contributed by atoms with Crippen molar-refractivity contribution in [3.05, 3.63) is 35.9 Å². The Labute approximate surface area is 163 Å². The highest BCUT2D eigenvalue weighted by molar-refractivity contribution is 9.10. The zero-order chi connectivity index (χ0) is 18.2. The van der Waals surface area contributed by atoms with Crippen molar-refractivity contribution in [3.63, 3.8) is 0 Å². The smallest absolute Gasteiger partial charge is 0.312 e. The van der Waals surface area contributed by atoms with E-state index in [0.29, 0.717) is 18.4 Å². The number of amides is 1. The van der Waals surface area contributed by atoms with Crippen LogP contribution in [0.25, 0.3) is 0 Å². The number of ether oxygens (including phenoxy) is 1. The monoisotopic (exact) mass is 419 g/mol. The highest BCUT2D eigenvalue weighted by atomic mass is 79.9. The van der Waals surface area contributed by atoms with Gasteiger partial charge in [0.25, 0.3) is 5.91 Å². The number of carbonyl (C=O) groups is 2. The lowest BCUT2D eigenvalue weighted by Crippen LogP contribution is -2.56. The predicted molar refractivity (Wildman–Crippen MR) is 103 cm³/mol. The van der Waals surface area contributed by atoms with E-state index in [1.165, 1.54) is 24.8 Å². The van der Waals surface area contributed by atoms with Gasteiger partial charge in [-0.05, 0) is 62.3 Å². The summed E-state index contributed by atoms with van der Waals surface area (Å²) in [6.45, 7) is 0.389. The van der Waals surface area contributed by atoms with Gasteiger partial charge in [0.2, 0.25) is 0 Å². The summed E-state index contributed by atoms with van der Waals surface area (Å²) in [5.41, 5.74) is 0.818. The Morgan fingerprint density at radius 2 is 1.81 bits per heavy atom. The summed E-state index contributed by atoms with van der Waals surface area (Å²) >= 11 is 3.91. The maximum atomic E-state index is 12.8. The van der Waals surface area contributed by atoms with Gasteiger partial charge in [-0.25, -0.2) is 0 Å². The molecule has 5 rings (SSSR count). The molecule has 1 aromatic carbocycles. The maximum Gasteiger partial charge on any atom is 0.312 e. The average Bonchev–Trinajstić information content (AvgIpc) is 2.58. The Morgan fingerprint density at radius 3 is 2.46 bits per heavy atom. The van der Waals surface area contributed by atoms with Crippen LogP contribution in [0.1, 0.15) is 44.1 Å². The number of esters is 1. The van der Waals surface area contributed by atoms with Crippen molar-refractivity contribution in [3.8, 4) is 0 Å². The van der Waals surface area contributed by atoms with E-state index in [4.69, 9.17) is 4.74 Å². The minimum atomic E-state index is -0.363. The fourth-order valence-electron chi connectivity index (χ4n) is 5.72. The van der Waals surface area contributed by atoms with Gasteiger partial charge in [0.1, 0.15) is 0 Å². The van der Waals surface area contributed by atoms with Crippen LogP contribution < -0.4 is 5.32 Å². The van der Waals surface area contributed by atoms with Crippen LogP contribution in [-0.4, -0.2) is 29.4 Å². The fourth-order valence-corrected chi connectivity index (χ4v) is 7.17. The summed E-state index contributed by atoms with van der Waals surface area (Å²) in [4.78, 5) is 24.8. The van der Waals surface area contributed by atoms with Crippen molar-refractivity contribution < 1.29 is 14.3 Å². The van der Waals surface area contributed by atoms with Crippen molar-refractivity contribution in [2.24, 2.45) is 17.3 Å². The van der Waals surface area contributed by atoms with Crippen LogP contribution >= 0.6 is 15.9 Å². The second kappa shape index (κ2) is 6.99. The standard InChI is InChI=1S/C21H26BrNO3/c22-21-11-16-8-17(12-21)10-20(9-16,14-21)19(25)26-13-18(24)23-7-6-15-4-2-1-3-5-15/h1-5,16-17H,6-14H2,(H,23,24). The number of carbonyl (C=O) groups excluding carboxylic acids is 2. The van der Waals surface area contributed by atoms with E-state index in [2.05, 4.69) is 21.2 Å². The Bertz CT molecular complexity index is 676. The SMILES string of the molecule is O=C(COC(=O)C12CC3CC(CC(Br)(C3)C1)C2)NCCc1ccccc1. The summed E-state index contributed by atoms with van der Waals surface area (Å²) in [6, 6.07) is 10.0. The molecule has 0 heterocycles. The van der Waals surface area contributed by atoms with Crippen LogP contribution in [0.4, 0.5) is 0 Å². The van der Waals surface area contributed by atoms with Gasteiger partial charge >= 0.3 is 5.97 Å². The van der Waals surface area contributed by atoms with Crippen LogP contribution in [-0.2, 0) is 20.7 Å². The first-order valence-corrected chi connectivity index (χ1v) is 10.4. The van der Waals surface area contributed by atoms with Gasteiger partial charge in [-0.3, -0.25) is 9.59 Å². The molecular weight excluding hydrogens is 394 g/mol. The van der Waals surface area contributed by atoms with E-state index in [-0.39, 0.29) is 28.2 Å². The molecule has 1 aromatic rings. The van der Waals surface area contributed by atoms with Crippen molar-refractivity contribution in [1.82, 2.24) is 5.32 Å². The number of halogens is 1. The Morgan fingerprint density at radius 1 is 1.12 bits per heavy atom. The number of alkyl halides is 1. The quantitative estimate of drug-likeness (QED) is 0.565. The van der Waals surface area contributed by atoms with Crippen molar-refractivity contribution >= 4 is 27.8 Å². The van der Waals surface area contributed by atoms with Gasteiger partial charge in [-0.15, -0.1) is 0 Å². The lowest BCUT2D eigenvalue weighted by molar-refractivity contribution is -0.171. The molecule has 4 saturated carbocycles. The average molecular weight is 420 g/mol. The van der Waals surface area contributed by atoms with E-state index in [1.54, 1.807) is 0 Å². The summed E-state index contributed by atoms with van der Waals surface area (Å²) in [6.07, 6.45) is 7.12. The highest BCUT2D eigenvalue weighted by Gasteiger charge is 2.60. The maximum absolute atomic E-state index is 12.8. The second-order valence-corrected chi connectivity index (χ2v) is 10.2. The number of rotatable bonds is 6. The summed E-state index contributed by atoms with van der Waals surface area (Å²) in [5.74, 6) is 0.881. The molecule has 4 bridgehead atoms. The molecule has 2 atom stereocenters. The zero-order valence-electron chi connectivity index (χ0n) is 15.0. The lowest BCUT2D eigenvalue weighted by Gasteiger charge is -2.58. The predicted octanol–water partition coefficient (Wildman–Crippen LogP) is 3.62. The van der Waals surface area contributed by atoms with Gasteiger partial charge in [0.15, 0.2) is 6.61 Å². The van der Waals surface area contributed by atoms with Crippen LogP contribution in [0, 0.1) is 17.3 Å². The van der Waals surface area contributed by atoms with E-state index < -0.39 is 0 Å². The first-order chi connectivity index (χ1) is 12.5. The molecule has 140 valence electrons. The molecule has 0 spiro atoms. The summed E-state index contributed by atoms with van der Waals surface area (Å²) < 4.78 is 5.58. The van der Waals surface area contributed by atoms with Crippen molar-refractivity contribution in [2.75, 3.05) is 13.2 Å². The Kier molecular flexibility index (Phi) is 4.84. The van der Waals surface area contributed by atoms with Crippen LogP contribution in [0.3, 0.4) is 0 Å². The minimum absolute atomic E-state index is 0.119. The molecule has 2 unspecified atom stereocenters. The Hall–Kier alpha value is -1.36. The molecule has 0 aromatic heterocycles. The van der Waals surface area contributed by atoms with Gasteiger partial charge in [-0.1, -0.05) is 46.3 Å². The van der Waals surface area contributed by atoms with Crippen molar-refractivity contribution in [1.29, 1.82) is 0 Å². The molecule has 1 amide bonds. The van der Waals surface area contributed by atoms with E-state index in [1.807, 2.05) is 30.3 Å². The first-order valence-electron chi connectivity index (χ1n) is 9.63. The van der Waals surface area contributed by atoms with Crippen molar-refractivity contribution in [2.45, 2.75) is 49.3 Å². The molecular formula is C21H26BrNO3. The lowest BCUT2D eigenvalue weighted by atomic mass is 9.49. The first kappa shape index (κ1) is 18.0. The molecule has 0 radical (unpaired) electrons.